The van der Waals surface area contributed by atoms with E-state index in [9.17, 15) is 19.5 Å². The van der Waals surface area contributed by atoms with Gasteiger partial charge in [0.2, 0.25) is 5.91 Å². The Labute approximate surface area is 106 Å². The monoisotopic (exact) mass is 259 g/mol. The quantitative estimate of drug-likeness (QED) is 0.431. The minimum absolute atomic E-state index is 0.0716. The number of carbonyl (C=O) groups excluding carboxylic acids is 3. The van der Waals surface area contributed by atoms with Crippen LogP contribution in [0.4, 0.5) is 0 Å². The highest BCUT2D eigenvalue weighted by Crippen LogP contribution is 2.03. The highest BCUT2D eigenvalue weighted by Gasteiger charge is 2.22. The Kier molecular flexibility index (Phi) is 6.96. The zero-order chi connectivity index (χ0) is 14.3. The van der Waals surface area contributed by atoms with Crippen LogP contribution in [0.15, 0.2) is 0 Å². The molecule has 0 aromatic heterocycles. The topological polar surface area (TPSA) is 140 Å². The predicted molar refractivity (Wildman–Crippen MR) is 61.5 cm³/mol. The van der Waals surface area contributed by atoms with Gasteiger partial charge in [-0.1, -0.05) is 13.8 Å². The smallest absolute Gasteiger partial charge is 0.278 e. The molecule has 0 heterocycles. The van der Waals surface area contributed by atoms with Crippen LogP contribution in [0, 0.1) is 5.92 Å². The molecule has 0 radical (unpaired) electrons. The number of primary amides is 1. The van der Waals surface area contributed by atoms with Gasteiger partial charge in [-0.25, -0.2) is 0 Å². The molecule has 18 heavy (non-hydrogen) atoms. The summed E-state index contributed by atoms with van der Waals surface area (Å²) in [7, 11) is 0. The number of nitrogens with one attached hydrogen (secondary N) is 1. The molecule has 6 N–H and O–H groups in total. The second kappa shape index (κ2) is 7.65. The molecule has 0 rings (SSSR count). The molecule has 0 unspecified atom stereocenters. The van der Waals surface area contributed by atoms with E-state index in [1.807, 2.05) is 13.8 Å². The van der Waals surface area contributed by atoms with Gasteiger partial charge < -0.3 is 26.7 Å². The van der Waals surface area contributed by atoms with Gasteiger partial charge >= 0.3 is 0 Å². The first kappa shape index (κ1) is 16.4. The van der Waals surface area contributed by atoms with Gasteiger partial charge in [0.1, 0.15) is 0 Å². The number of carboxylic acid groups (broad SMARTS) is 1. The fourth-order valence-electron chi connectivity index (χ4n) is 1.50. The van der Waals surface area contributed by atoms with Gasteiger partial charge in [-0.2, -0.15) is 0 Å². The van der Waals surface area contributed by atoms with E-state index in [1.54, 1.807) is 0 Å². The van der Waals surface area contributed by atoms with Crippen molar-refractivity contribution in [1.82, 2.24) is 5.32 Å². The summed E-state index contributed by atoms with van der Waals surface area (Å²) in [5, 5.41) is 13.1. The average molecular weight is 259 g/mol. The van der Waals surface area contributed by atoms with Crippen molar-refractivity contribution in [2.24, 2.45) is 11.7 Å². The molecule has 7 heteroatoms. The molecule has 0 aromatic carbocycles. The van der Waals surface area contributed by atoms with E-state index in [1.165, 1.54) is 0 Å². The van der Waals surface area contributed by atoms with Crippen LogP contribution in [0.25, 0.3) is 0 Å². The Morgan fingerprint density at radius 3 is 2.28 bits per heavy atom. The van der Waals surface area contributed by atoms with Gasteiger partial charge in [0, 0.05) is 12.8 Å². The molecule has 104 valence electrons. The minimum atomic E-state index is -1.43. The van der Waals surface area contributed by atoms with Crippen LogP contribution in [0.5, 0.6) is 0 Å². The Balaban J connectivity index is 4.35. The molecule has 0 bridgehead atoms. The second-order valence-corrected chi connectivity index (χ2v) is 4.71. The van der Waals surface area contributed by atoms with Gasteiger partial charge in [0.05, 0.1) is 12.0 Å². The third kappa shape index (κ3) is 6.85. The number of hydrogen-bond acceptors (Lipinski definition) is 4. The van der Waals surface area contributed by atoms with E-state index in [0.717, 1.165) is 0 Å². The van der Waals surface area contributed by atoms with Gasteiger partial charge in [-0.15, -0.1) is 0 Å². The van der Waals surface area contributed by atoms with Crippen LogP contribution < -0.4 is 21.9 Å². The Morgan fingerprint density at radius 2 is 1.89 bits per heavy atom. The van der Waals surface area contributed by atoms with Crippen molar-refractivity contribution in [3.8, 4) is 0 Å². The second-order valence-electron chi connectivity index (χ2n) is 4.71. The lowest BCUT2D eigenvalue weighted by molar-refractivity contribution is -0.406. The molecule has 0 aliphatic rings. The van der Waals surface area contributed by atoms with Gasteiger partial charge in [0.15, 0.2) is 6.04 Å². The highest BCUT2D eigenvalue weighted by atomic mass is 16.4. The first-order valence-corrected chi connectivity index (χ1v) is 5.86. The molecule has 0 saturated carbocycles. The van der Waals surface area contributed by atoms with E-state index < -0.39 is 29.9 Å². The summed E-state index contributed by atoms with van der Waals surface area (Å²) >= 11 is 0. The molecule has 0 aliphatic heterocycles. The molecule has 2 amide bonds. The number of quaternary nitrogens is 1. The van der Waals surface area contributed by atoms with Crippen molar-refractivity contribution < 1.29 is 25.2 Å². The fourth-order valence-corrected chi connectivity index (χ4v) is 1.50. The standard InChI is InChI=1S/C11H21N3O4/c1-6(2)5-7(12)10(16)14-8(11(17)18)3-4-9(13)15/h6-8H,3-5,12H2,1-2H3,(H2,13,15)(H,14,16)(H,17,18)/t7-,8+/m0/s1. The van der Waals surface area contributed by atoms with E-state index in [2.05, 4.69) is 11.1 Å². The zero-order valence-corrected chi connectivity index (χ0v) is 10.8. The van der Waals surface area contributed by atoms with Crippen LogP contribution >= 0.6 is 0 Å². The summed E-state index contributed by atoms with van der Waals surface area (Å²) in [6, 6.07) is -1.73. The van der Waals surface area contributed by atoms with Crippen LogP contribution in [0.1, 0.15) is 33.1 Å². The molecular formula is C11H21N3O4. The molecular weight excluding hydrogens is 238 g/mol. The number of hydrogen-bond donors (Lipinski definition) is 3. The van der Waals surface area contributed by atoms with Crippen LogP contribution in [-0.2, 0) is 14.4 Å². The normalized spacial score (nSPS) is 14.0. The van der Waals surface area contributed by atoms with Gasteiger partial charge in [-0.05, 0) is 12.3 Å². The highest BCUT2D eigenvalue weighted by molar-refractivity contribution is 5.85. The summed E-state index contributed by atoms with van der Waals surface area (Å²) in [4.78, 5) is 33.0. The lowest BCUT2D eigenvalue weighted by atomic mass is 10.0. The molecule has 0 fully saturated rings. The number of aliphatic carboxylic acids is 1. The maximum atomic E-state index is 11.7. The number of carboxylic acids is 1. The molecule has 0 aliphatic carbocycles. The maximum Gasteiger partial charge on any atom is 0.278 e. The Bertz CT molecular complexity index is 317. The van der Waals surface area contributed by atoms with Crippen molar-refractivity contribution in [2.75, 3.05) is 0 Å². The lowest BCUT2D eigenvalue weighted by Crippen LogP contribution is -2.69. The van der Waals surface area contributed by atoms with Gasteiger partial charge in [-0.3, -0.25) is 9.59 Å². The van der Waals surface area contributed by atoms with Crippen molar-refractivity contribution in [3.63, 3.8) is 0 Å². The number of carbonyl (C=O) groups is 3. The summed E-state index contributed by atoms with van der Waals surface area (Å²) in [5.41, 5.74) is 8.59. The molecule has 2 atom stereocenters. The Hall–Kier alpha value is -1.63. The third-order valence-corrected chi connectivity index (χ3v) is 2.41. The SMILES string of the molecule is CC(C)C[C@H]([NH3+])C(=O)N[C@H](CCC(N)=O)C(=O)[O-]. The van der Waals surface area contributed by atoms with Crippen LogP contribution in [0.3, 0.4) is 0 Å². The zero-order valence-electron chi connectivity index (χ0n) is 10.8. The summed E-state index contributed by atoms with van der Waals surface area (Å²) < 4.78 is 0. The van der Waals surface area contributed by atoms with E-state index in [0.29, 0.717) is 6.42 Å². The predicted octanol–water partition coefficient (Wildman–Crippen LogP) is -2.86. The molecule has 7 nitrogen and oxygen atoms in total. The van der Waals surface area contributed by atoms with Crippen molar-refractivity contribution in [3.05, 3.63) is 0 Å². The van der Waals surface area contributed by atoms with Crippen LogP contribution in [0.2, 0.25) is 0 Å². The van der Waals surface area contributed by atoms with Crippen molar-refractivity contribution >= 4 is 17.8 Å². The van der Waals surface area contributed by atoms with E-state index >= 15 is 0 Å². The Morgan fingerprint density at radius 1 is 1.33 bits per heavy atom. The third-order valence-electron chi connectivity index (χ3n) is 2.41. The molecule has 0 spiro atoms. The van der Waals surface area contributed by atoms with Crippen molar-refractivity contribution in [2.45, 2.75) is 45.2 Å². The first-order valence-electron chi connectivity index (χ1n) is 5.86. The minimum Gasteiger partial charge on any atom is -0.548 e. The maximum absolute atomic E-state index is 11.7. The number of rotatable bonds is 8. The average Bonchev–Trinajstić information content (AvgIpc) is 2.21. The van der Waals surface area contributed by atoms with Gasteiger partial charge in [0.25, 0.3) is 5.91 Å². The summed E-state index contributed by atoms with van der Waals surface area (Å²) in [6.45, 7) is 3.88. The molecule has 0 aromatic rings. The summed E-state index contributed by atoms with van der Waals surface area (Å²) in [5.74, 6) is -2.22. The van der Waals surface area contributed by atoms with E-state index in [-0.39, 0.29) is 18.8 Å². The molecule has 0 saturated heterocycles. The van der Waals surface area contributed by atoms with Crippen molar-refractivity contribution in [1.29, 1.82) is 0 Å². The lowest BCUT2D eigenvalue weighted by Gasteiger charge is -2.20. The van der Waals surface area contributed by atoms with E-state index in [4.69, 9.17) is 5.73 Å². The summed E-state index contributed by atoms with van der Waals surface area (Å²) in [6.07, 6.45) is 0.365. The largest absolute Gasteiger partial charge is 0.548 e. The first-order chi connectivity index (χ1) is 8.23. The van der Waals surface area contributed by atoms with Crippen LogP contribution in [-0.4, -0.2) is 29.9 Å². The number of nitrogens with two attached hydrogens (primary N) is 1. The fraction of sp³-hybridized carbons (Fsp3) is 0.727. The number of amides is 2.